The van der Waals surface area contributed by atoms with Crippen LogP contribution in [0.5, 0.6) is 0 Å². The summed E-state index contributed by atoms with van der Waals surface area (Å²) in [6.07, 6.45) is 0.952. The fourth-order valence-electron chi connectivity index (χ4n) is 2.11. The Morgan fingerprint density at radius 1 is 1.48 bits per heavy atom. The lowest BCUT2D eigenvalue weighted by molar-refractivity contribution is -0.128. The number of halogens is 2. The van der Waals surface area contributed by atoms with E-state index in [2.05, 4.69) is 5.32 Å². The number of carbonyl (C=O) groups excluding carboxylic acids is 2. The second kappa shape index (κ2) is 5.61. The van der Waals surface area contributed by atoms with Crippen LogP contribution in [0.2, 0.25) is 5.02 Å². The largest absolute Gasteiger partial charge is 0.324 e. The maximum Gasteiger partial charge on any atom is 0.248 e. The van der Waals surface area contributed by atoms with Crippen LogP contribution in [0.3, 0.4) is 0 Å². The fraction of sp³-hybridized carbons (Fsp3) is 0.333. The van der Waals surface area contributed by atoms with E-state index < -0.39 is 33.7 Å². The molecule has 1 heterocycles. The highest BCUT2D eigenvalue weighted by Gasteiger charge is 2.41. The Hall–Kier alpha value is -1.67. The normalized spacial score (nSPS) is 18.9. The van der Waals surface area contributed by atoms with Crippen molar-refractivity contribution >= 4 is 39.1 Å². The van der Waals surface area contributed by atoms with Crippen LogP contribution in [-0.4, -0.2) is 36.8 Å². The van der Waals surface area contributed by atoms with Crippen molar-refractivity contribution in [2.24, 2.45) is 0 Å². The first kappa shape index (κ1) is 15.7. The second-order valence-electron chi connectivity index (χ2n) is 4.63. The average Bonchev–Trinajstić information content (AvgIpc) is 2.76. The molecule has 1 aliphatic heterocycles. The summed E-state index contributed by atoms with van der Waals surface area (Å²) in [4.78, 5) is 23.7. The van der Waals surface area contributed by atoms with Crippen LogP contribution in [0, 0.1) is 5.82 Å². The molecular formula is C12H12ClFN2O4S. The number of nitrogens with zero attached hydrogens (tertiary/aromatic N) is 1. The number of benzene rings is 1. The fourth-order valence-corrected chi connectivity index (χ4v) is 3.42. The van der Waals surface area contributed by atoms with Crippen molar-refractivity contribution in [2.75, 3.05) is 11.6 Å². The van der Waals surface area contributed by atoms with Gasteiger partial charge in [0.15, 0.2) is 0 Å². The molecule has 0 radical (unpaired) electrons. The summed E-state index contributed by atoms with van der Waals surface area (Å²) in [7, 11) is -3.82. The zero-order valence-corrected chi connectivity index (χ0v) is 12.5. The summed E-state index contributed by atoms with van der Waals surface area (Å²) in [5.41, 5.74) is 0.221. The summed E-state index contributed by atoms with van der Waals surface area (Å²) in [5, 5.41) is 2.26. The third-order valence-electron chi connectivity index (χ3n) is 3.01. The monoisotopic (exact) mass is 334 g/mol. The first-order valence-corrected chi connectivity index (χ1v) is 8.21. The lowest BCUT2D eigenvalue weighted by Gasteiger charge is -2.21. The minimum Gasteiger partial charge on any atom is -0.324 e. The molecule has 21 heavy (non-hydrogen) atoms. The van der Waals surface area contributed by atoms with Crippen LogP contribution >= 0.6 is 11.6 Å². The summed E-state index contributed by atoms with van der Waals surface area (Å²) in [6.45, 7) is 0. The summed E-state index contributed by atoms with van der Waals surface area (Å²) in [5.74, 6) is -1.91. The van der Waals surface area contributed by atoms with Crippen LogP contribution in [0.4, 0.5) is 10.1 Å². The number of nitrogens with one attached hydrogen (secondary N) is 1. The van der Waals surface area contributed by atoms with Gasteiger partial charge in [0.25, 0.3) is 0 Å². The lowest BCUT2D eigenvalue weighted by Crippen LogP contribution is -2.44. The third kappa shape index (κ3) is 3.33. The van der Waals surface area contributed by atoms with E-state index in [-0.39, 0.29) is 23.6 Å². The third-order valence-corrected chi connectivity index (χ3v) is 4.47. The van der Waals surface area contributed by atoms with E-state index in [9.17, 15) is 22.4 Å². The quantitative estimate of drug-likeness (QED) is 0.905. The van der Waals surface area contributed by atoms with Gasteiger partial charge in [-0.25, -0.2) is 17.1 Å². The molecule has 1 aliphatic rings. The van der Waals surface area contributed by atoms with E-state index in [1.807, 2.05) is 0 Å². The van der Waals surface area contributed by atoms with Gasteiger partial charge >= 0.3 is 0 Å². The van der Waals surface area contributed by atoms with E-state index in [0.717, 1.165) is 12.3 Å². The molecular weight excluding hydrogens is 323 g/mol. The van der Waals surface area contributed by atoms with Crippen molar-refractivity contribution in [3.8, 4) is 0 Å². The molecule has 0 saturated carbocycles. The van der Waals surface area contributed by atoms with Crippen LogP contribution in [0.25, 0.3) is 0 Å². The van der Waals surface area contributed by atoms with Crippen molar-refractivity contribution in [1.82, 2.24) is 4.31 Å². The lowest BCUT2D eigenvalue weighted by atomic mass is 10.2. The number of hydrogen-bond donors (Lipinski definition) is 1. The van der Waals surface area contributed by atoms with Gasteiger partial charge in [0, 0.05) is 12.1 Å². The number of rotatable bonds is 3. The van der Waals surface area contributed by atoms with Crippen molar-refractivity contribution in [3.63, 3.8) is 0 Å². The molecule has 0 spiro atoms. The maximum atomic E-state index is 13.0. The Morgan fingerprint density at radius 2 is 2.14 bits per heavy atom. The molecule has 1 aromatic rings. The van der Waals surface area contributed by atoms with Crippen LogP contribution < -0.4 is 5.32 Å². The zero-order chi connectivity index (χ0) is 15.8. The van der Waals surface area contributed by atoms with E-state index in [1.165, 1.54) is 12.1 Å². The minimum atomic E-state index is -3.82. The smallest absolute Gasteiger partial charge is 0.248 e. The Morgan fingerprint density at radius 3 is 2.71 bits per heavy atom. The number of amides is 2. The van der Waals surface area contributed by atoms with Crippen LogP contribution in [0.1, 0.15) is 12.8 Å². The van der Waals surface area contributed by atoms with E-state index in [0.29, 0.717) is 4.31 Å². The molecule has 1 atom stereocenters. The summed E-state index contributed by atoms with van der Waals surface area (Å²) in [6, 6.07) is 2.47. The molecule has 0 aliphatic carbocycles. The minimum absolute atomic E-state index is 0.0185. The zero-order valence-electron chi connectivity index (χ0n) is 11.0. The molecule has 6 nitrogen and oxygen atoms in total. The van der Waals surface area contributed by atoms with E-state index in [4.69, 9.17) is 11.6 Å². The van der Waals surface area contributed by atoms with Gasteiger partial charge in [-0.2, -0.15) is 0 Å². The van der Waals surface area contributed by atoms with Gasteiger partial charge in [-0.15, -0.1) is 0 Å². The molecule has 1 aromatic carbocycles. The SMILES string of the molecule is CS(=O)(=O)N1C(=O)CCC1C(=O)Nc1ccc(F)c(Cl)c1. The number of carbonyl (C=O) groups is 2. The molecule has 1 saturated heterocycles. The molecule has 2 rings (SSSR count). The highest BCUT2D eigenvalue weighted by Crippen LogP contribution is 2.24. The standard InChI is InChI=1S/C12H12ClFN2O4S/c1-21(19,20)16-10(4-5-11(16)17)12(18)15-7-2-3-9(14)8(13)6-7/h2-3,6,10H,4-5H2,1H3,(H,15,18). The van der Waals surface area contributed by atoms with Gasteiger partial charge in [-0.05, 0) is 24.6 Å². The number of hydrogen-bond acceptors (Lipinski definition) is 4. The van der Waals surface area contributed by atoms with Gasteiger partial charge in [-0.3, -0.25) is 9.59 Å². The molecule has 0 bridgehead atoms. The van der Waals surface area contributed by atoms with Gasteiger partial charge < -0.3 is 5.32 Å². The molecule has 1 unspecified atom stereocenters. The van der Waals surface area contributed by atoms with E-state index in [1.54, 1.807) is 0 Å². The molecule has 1 N–H and O–H groups in total. The van der Waals surface area contributed by atoms with Gasteiger partial charge in [0.1, 0.15) is 11.9 Å². The molecule has 2 amide bonds. The summed E-state index contributed by atoms with van der Waals surface area (Å²) < 4.78 is 36.7. The van der Waals surface area contributed by atoms with Gasteiger partial charge in [0.2, 0.25) is 21.8 Å². The molecule has 1 fully saturated rings. The highest BCUT2D eigenvalue weighted by molar-refractivity contribution is 7.89. The van der Waals surface area contributed by atoms with E-state index >= 15 is 0 Å². The summed E-state index contributed by atoms with van der Waals surface area (Å²) >= 11 is 5.59. The maximum absolute atomic E-state index is 13.0. The first-order valence-electron chi connectivity index (χ1n) is 5.98. The van der Waals surface area contributed by atoms with Crippen LogP contribution in [-0.2, 0) is 19.6 Å². The molecule has 0 aromatic heterocycles. The predicted octanol–water partition coefficient (Wildman–Crippen LogP) is 1.37. The van der Waals surface area contributed by atoms with Gasteiger partial charge in [-0.1, -0.05) is 11.6 Å². The Bertz CT molecular complexity index is 707. The van der Waals surface area contributed by atoms with Gasteiger partial charge in [0.05, 0.1) is 11.3 Å². The number of sulfonamides is 1. The Kier molecular flexibility index (Phi) is 4.20. The topological polar surface area (TPSA) is 83.6 Å². The van der Waals surface area contributed by atoms with Crippen molar-refractivity contribution in [2.45, 2.75) is 18.9 Å². The highest BCUT2D eigenvalue weighted by atomic mass is 35.5. The molecule has 9 heteroatoms. The first-order chi connectivity index (χ1) is 9.70. The van der Waals surface area contributed by atoms with Crippen LogP contribution in [0.15, 0.2) is 18.2 Å². The van der Waals surface area contributed by atoms with Crippen molar-refractivity contribution < 1.29 is 22.4 Å². The number of anilines is 1. The predicted molar refractivity (Wildman–Crippen MR) is 74.8 cm³/mol. The Balaban J connectivity index is 2.20. The Labute approximate surface area is 125 Å². The molecule has 114 valence electrons. The van der Waals surface area contributed by atoms with Crippen molar-refractivity contribution in [1.29, 1.82) is 0 Å². The van der Waals surface area contributed by atoms with Crippen molar-refractivity contribution in [3.05, 3.63) is 29.0 Å². The second-order valence-corrected chi connectivity index (χ2v) is 6.89. The average molecular weight is 335 g/mol.